The first-order valence-corrected chi connectivity index (χ1v) is 5.73. The number of nitrogens with zero attached hydrogens (tertiary/aromatic N) is 1. The topological polar surface area (TPSA) is 51.2 Å². The van der Waals surface area contributed by atoms with Crippen LogP contribution in [0.2, 0.25) is 0 Å². The molecule has 1 rings (SSSR count). The molecule has 0 aliphatic carbocycles. The van der Waals surface area contributed by atoms with Crippen molar-refractivity contribution in [3.63, 3.8) is 0 Å². The Bertz CT molecular complexity index is 325. The molecule has 0 aromatic carbocycles. The first-order valence-electron chi connectivity index (χ1n) is 4.85. The van der Waals surface area contributed by atoms with Gasteiger partial charge >= 0.3 is 5.97 Å². The molecule has 1 atom stereocenters. The highest BCUT2D eigenvalue weighted by Gasteiger charge is 2.09. The summed E-state index contributed by atoms with van der Waals surface area (Å²) in [6.45, 7) is 4.63. The van der Waals surface area contributed by atoms with Crippen molar-refractivity contribution in [2.24, 2.45) is 0 Å². The SMILES string of the molecule is COC(=O)CCNC(C)c1nc(C)cs1. The van der Waals surface area contributed by atoms with Crippen LogP contribution >= 0.6 is 11.3 Å². The van der Waals surface area contributed by atoms with Gasteiger partial charge in [0, 0.05) is 17.6 Å². The van der Waals surface area contributed by atoms with Crippen molar-refractivity contribution in [2.75, 3.05) is 13.7 Å². The van der Waals surface area contributed by atoms with Crippen LogP contribution in [0.4, 0.5) is 0 Å². The van der Waals surface area contributed by atoms with Gasteiger partial charge in [0.2, 0.25) is 0 Å². The first kappa shape index (κ1) is 12.1. The van der Waals surface area contributed by atoms with Crippen molar-refractivity contribution in [3.8, 4) is 0 Å². The molecule has 1 unspecified atom stereocenters. The molecule has 0 bridgehead atoms. The minimum atomic E-state index is -0.190. The van der Waals surface area contributed by atoms with Gasteiger partial charge in [-0.1, -0.05) is 0 Å². The zero-order chi connectivity index (χ0) is 11.3. The van der Waals surface area contributed by atoms with Crippen molar-refractivity contribution in [1.29, 1.82) is 0 Å². The van der Waals surface area contributed by atoms with E-state index in [-0.39, 0.29) is 12.0 Å². The van der Waals surface area contributed by atoms with Gasteiger partial charge in [0.25, 0.3) is 0 Å². The van der Waals surface area contributed by atoms with Gasteiger partial charge in [0.15, 0.2) is 0 Å². The number of ether oxygens (including phenoxy) is 1. The van der Waals surface area contributed by atoms with Crippen LogP contribution in [0.5, 0.6) is 0 Å². The minimum Gasteiger partial charge on any atom is -0.469 e. The molecule has 0 spiro atoms. The zero-order valence-corrected chi connectivity index (χ0v) is 10.1. The number of rotatable bonds is 5. The average molecular weight is 228 g/mol. The summed E-state index contributed by atoms with van der Waals surface area (Å²) in [5.74, 6) is -0.190. The Kier molecular flexibility index (Phi) is 4.71. The quantitative estimate of drug-likeness (QED) is 0.779. The van der Waals surface area contributed by atoms with Crippen LogP contribution < -0.4 is 5.32 Å². The molecular weight excluding hydrogens is 212 g/mol. The molecule has 1 aromatic heterocycles. The van der Waals surface area contributed by atoms with Crippen LogP contribution in [-0.4, -0.2) is 24.6 Å². The third-order valence-corrected chi connectivity index (χ3v) is 3.16. The van der Waals surface area contributed by atoms with Crippen LogP contribution in [0.3, 0.4) is 0 Å². The summed E-state index contributed by atoms with van der Waals surface area (Å²) in [6, 6.07) is 0.188. The highest BCUT2D eigenvalue weighted by molar-refractivity contribution is 7.09. The van der Waals surface area contributed by atoms with E-state index >= 15 is 0 Å². The summed E-state index contributed by atoms with van der Waals surface area (Å²) in [5, 5.41) is 6.30. The van der Waals surface area contributed by atoms with E-state index in [0.717, 1.165) is 10.7 Å². The molecule has 1 aromatic rings. The smallest absolute Gasteiger partial charge is 0.306 e. The molecule has 84 valence electrons. The maximum absolute atomic E-state index is 10.9. The van der Waals surface area contributed by atoms with Crippen LogP contribution in [0, 0.1) is 6.92 Å². The van der Waals surface area contributed by atoms with Crippen LogP contribution in [0.25, 0.3) is 0 Å². The maximum atomic E-state index is 10.9. The normalized spacial score (nSPS) is 12.5. The fraction of sp³-hybridized carbons (Fsp3) is 0.600. The van der Waals surface area contributed by atoms with Gasteiger partial charge in [0.1, 0.15) is 5.01 Å². The van der Waals surface area contributed by atoms with Crippen molar-refractivity contribution in [3.05, 3.63) is 16.1 Å². The predicted octanol–water partition coefficient (Wildman–Crippen LogP) is 1.67. The first-order chi connectivity index (χ1) is 7.13. The second-order valence-electron chi connectivity index (χ2n) is 3.33. The lowest BCUT2D eigenvalue weighted by Gasteiger charge is -2.09. The number of hydrogen-bond donors (Lipinski definition) is 1. The second kappa shape index (κ2) is 5.82. The highest BCUT2D eigenvalue weighted by Crippen LogP contribution is 2.16. The summed E-state index contributed by atoms with van der Waals surface area (Å²) in [4.78, 5) is 15.2. The van der Waals surface area contributed by atoms with Crippen molar-refractivity contribution < 1.29 is 9.53 Å². The average Bonchev–Trinajstić information content (AvgIpc) is 2.64. The molecule has 0 saturated heterocycles. The van der Waals surface area contributed by atoms with Crippen molar-refractivity contribution in [1.82, 2.24) is 10.3 Å². The molecular formula is C10H16N2O2S. The van der Waals surface area contributed by atoms with Gasteiger partial charge in [-0.25, -0.2) is 4.98 Å². The zero-order valence-electron chi connectivity index (χ0n) is 9.24. The molecule has 1 heterocycles. The summed E-state index contributed by atoms with van der Waals surface area (Å²) >= 11 is 1.63. The lowest BCUT2D eigenvalue weighted by atomic mass is 10.3. The lowest BCUT2D eigenvalue weighted by Crippen LogP contribution is -2.22. The maximum Gasteiger partial charge on any atom is 0.306 e. The number of thiazole rings is 1. The Morgan fingerprint density at radius 1 is 1.73 bits per heavy atom. The highest BCUT2D eigenvalue weighted by atomic mass is 32.1. The van der Waals surface area contributed by atoms with Gasteiger partial charge in [-0.3, -0.25) is 4.79 Å². The summed E-state index contributed by atoms with van der Waals surface area (Å²) in [6.07, 6.45) is 0.394. The van der Waals surface area contributed by atoms with Gasteiger partial charge in [-0.2, -0.15) is 0 Å². The van der Waals surface area contributed by atoms with Crippen LogP contribution in [0.1, 0.15) is 30.1 Å². The third kappa shape index (κ3) is 3.97. The number of methoxy groups -OCH3 is 1. The van der Waals surface area contributed by atoms with E-state index in [1.165, 1.54) is 7.11 Å². The minimum absolute atomic E-state index is 0.188. The molecule has 15 heavy (non-hydrogen) atoms. The molecule has 0 radical (unpaired) electrons. The van der Waals surface area contributed by atoms with E-state index in [0.29, 0.717) is 13.0 Å². The molecule has 1 N–H and O–H groups in total. The summed E-state index contributed by atoms with van der Waals surface area (Å²) in [5.41, 5.74) is 1.04. The fourth-order valence-electron chi connectivity index (χ4n) is 1.15. The molecule has 0 aliphatic rings. The van der Waals surface area contributed by atoms with E-state index in [1.54, 1.807) is 11.3 Å². The van der Waals surface area contributed by atoms with Crippen LogP contribution in [0.15, 0.2) is 5.38 Å². The van der Waals surface area contributed by atoms with E-state index in [2.05, 4.69) is 15.0 Å². The molecule has 4 nitrogen and oxygen atoms in total. The Hall–Kier alpha value is -0.940. The molecule has 0 fully saturated rings. The van der Waals surface area contributed by atoms with Crippen molar-refractivity contribution >= 4 is 17.3 Å². The van der Waals surface area contributed by atoms with E-state index in [1.807, 2.05) is 19.2 Å². The standard InChI is InChI=1S/C10H16N2O2S/c1-7-6-15-10(12-7)8(2)11-5-4-9(13)14-3/h6,8,11H,4-5H2,1-3H3. The number of carbonyl (C=O) groups is 1. The van der Waals surface area contributed by atoms with Crippen molar-refractivity contribution in [2.45, 2.75) is 26.3 Å². The van der Waals surface area contributed by atoms with Gasteiger partial charge in [0.05, 0.1) is 19.6 Å². The Morgan fingerprint density at radius 3 is 3.00 bits per heavy atom. The number of aryl methyl sites for hydroxylation is 1. The molecule has 0 amide bonds. The monoisotopic (exact) mass is 228 g/mol. The summed E-state index contributed by atoms with van der Waals surface area (Å²) < 4.78 is 4.55. The Morgan fingerprint density at radius 2 is 2.47 bits per heavy atom. The third-order valence-electron chi connectivity index (χ3n) is 2.01. The largest absolute Gasteiger partial charge is 0.469 e. The molecule has 5 heteroatoms. The second-order valence-corrected chi connectivity index (χ2v) is 4.22. The van der Waals surface area contributed by atoms with E-state index in [9.17, 15) is 4.79 Å². The Labute approximate surface area is 93.7 Å². The number of esters is 1. The number of aromatic nitrogens is 1. The molecule has 0 saturated carbocycles. The van der Waals surface area contributed by atoms with Gasteiger partial charge in [-0.05, 0) is 13.8 Å². The number of carbonyl (C=O) groups excluding carboxylic acids is 1. The summed E-state index contributed by atoms with van der Waals surface area (Å²) in [7, 11) is 1.40. The Balaban J connectivity index is 2.30. The van der Waals surface area contributed by atoms with E-state index in [4.69, 9.17) is 0 Å². The number of hydrogen-bond acceptors (Lipinski definition) is 5. The number of nitrogens with one attached hydrogen (secondary N) is 1. The fourth-order valence-corrected chi connectivity index (χ4v) is 1.98. The predicted molar refractivity (Wildman–Crippen MR) is 59.9 cm³/mol. The van der Waals surface area contributed by atoms with Gasteiger partial charge in [-0.15, -0.1) is 11.3 Å². The lowest BCUT2D eigenvalue weighted by molar-refractivity contribution is -0.140. The van der Waals surface area contributed by atoms with Crippen LogP contribution in [-0.2, 0) is 9.53 Å². The molecule has 0 aliphatic heterocycles. The van der Waals surface area contributed by atoms with E-state index < -0.39 is 0 Å². The van der Waals surface area contributed by atoms with Gasteiger partial charge < -0.3 is 10.1 Å².